The first kappa shape index (κ1) is 19.2. The van der Waals surface area contributed by atoms with Crippen LogP contribution in [0.2, 0.25) is 0 Å². The standard InChI is InChI=1S/C17H28N4O4/c1-4-20(5-2)14(23)11-18-13(22)12-21-15(24)17(19(3)16(21)25)9-7-6-8-10-17/h4-12H2,1-3H3,(H,18,22). The Morgan fingerprint density at radius 1 is 1.12 bits per heavy atom. The third-order valence-electron chi connectivity index (χ3n) is 5.34. The van der Waals surface area contributed by atoms with Crippen LogP contribution in [0.15, 0.2) is 0 Å². The Morgan fingerprint density at radius 2 is 1.72 bits per heavy atom. The van der Waals surface area contributed by atoms with Crippen LogP contribution in [0.3, 0.4) is 0 Å². The summed E-state index contributed by atoms with van der Waals surface area (Å²) in [6, 6.07) is -0.433. The van der Waals surface area contributed by atoms with E-state index in [4.69, 9.17) is 0 Å². The minimum atomic E-state index is -0.785. The summed E-state index contributed by atoms with van der Waals surface area (Å²) in [7, 11) is 1.63. The summed E-state index contributed by atoms with van der Waals surface area (Å²) in [4.78, 5) is 53.4. The first-order chi connectivity index (χ1) is 11.9. The van der Waals surface area contributed by atoms with Gasteiger partial charge in [-0.1, -0.05) is 19.3 Å². The Kier molecular flexibility index (Phi) is 6.02. The Hall–Kier alpha value is -2.12. The fourth-order valence-corrected chi connectivity index (χ4v) is 3.73. The van der Waals surface area contributed by atoms with E-state index < -0.39 is 17.5 Å². The van der Waals surface area contributed by atoms with Crippen molar-refractivity contribution < 1.29 is 19.2 Å². The van der Waals surface area contributed by atoms with Gasteiger partial charge >= 0.3 is 6.03 Å². The summed E-state index contributed by atoms with van der Waals surface area (Å²) in [6.45, 7) is 4.41. The smallest absolute Gasteiger partial charge is 0.327 e. The number of imide groups is 1. The minimum Gasteiger partial charge on any atom is -0.345 e. The average Bonchev–Trinajstić information content (AvgIpc) is 2.78. The van der Waals surface area contributed by atoms with Crippen molar-refractivity contribution in [1.29, 1.82) is 0 Å². The second kappa shape index (κ2) is 7.84. The van der Waals surface area contributed by atoms with Crippen LogP contribution in [0.4, 0.5) is 4.79 Å². The van der Waals surface area contributed by atoms with Crippen LogP contribution in [0.25, 0.3) is 0 Å². The number of nitrogens with zero attached hydrogens (tertiary/aromatic N) is 3. The van der Waals surface area contributed by atoms with Gasteiger partial charge in [0.1, 0.15) is 12.1 Å². The average molecular weight is 352 g/mol. The topological polar surface area (TPSA) is 90.0 Å². The molecule has 0 unspecified atom stereocenters. The zero-order chi connectivity index (χ0) is 18.6. The van der Waals surface area contributed by atoms with Crippen molar-refractivity contribution in [2.45, 2.75) is 51.5 Å². The highest BCUT2D eigenvalue weighted by atomic mass is 16.2. The lowest BCUT2D eigenvalue weighted by Crippen LogP contribution is -2.49. The molecule has 0 aromatic heterocycles. The zero-order valence-corrected chi connectivity index (χ0v) is 15.3. The number of carbonyl (C=O) groups is 4. The number of amides is 5. The van der Waals surface area contributed by atoms with Crippen molar-refractivity contribution in [2.24, 2.45) is 0 Å². The van der Waals surface area contributed by atoms with Crippen LogP contribution in [-0.4, -0.2) is 77.2 Å². The van der Waals surface area contributed by atoms with Crippen LogP contribution in [0.1, 0.15) is 46.0 Å². The Morgan fingerprint density at radius 3 is 2.28 bits per heavy atom. The van der Waals surface area contributed by atoms with Crippen molar-refractivity contribution >= 4 is 23.8 Å². The largest absolute Gasteiger partial charge is 0.345 e. The third-order valence-corrected chi connectivity index (χ3v) is 5.34. The van der Waals surface area contributed by atoms with E-state index in [-0.39, 0.29) is 24.9 Å². The summed E-state index contributed by atoms with van der Waals surface area (Å²) in [5.41, 5.74) is -0.785. The summed E-state index contributed by atoms with van der Waals surface area (Å²) in [6.07, 6.45) is 4.16. The molecule has 0 atom stereocenters. The van der Waals surface area contributed by atoms with Crippen molar-refractivity contribution in [3.05, 3.63) is 0 Å². The Balaban J connectivity index is 1.95. The highest BCUT2D eigenvalue weighted by Crippen LogP contribution is 2.39. The van der Waals surface area contributed by atoms with E-state index in [2.05, 4.69) is 5.32 Å². The Labute approximate surface area is 148 Å². The molecule has 1 spiro atoms. The van der Waals surface area contributed by atoms with Gasteiger partial charge in [-0.15, -0.1) is 0 Å². The number of hydrogen-bond acceptors (Lipinski definition) is 4. The van der Waals surface area contributed by atoms with Crippen molar-refractivity contribution in [3.63, 3.8) is 0 Å². The predicted octanol–water partition coefficient (Wildman–Crippen LogP) is 0.568. The fourth-order valence-electron chi connectivity index (χ4n) is 3.73. The van der Waals surface area contributed by atoms with Crippen molar-refractivity contribution in [3.8, 4) is 0 Å². The van der Waals surface area contributed by atoms with E-state index in [1.807, 2.05) is 13.8 Å². The fraction of sp³-hybridized carbons (Fsp3) is 0.765. The molecule has 1 saturated carbocycles. The molecule has 1 saturated heterocycles. The van der Waals surface area contributed by atoms with Gasteiger partial charge in [-0.2, -0.15) is 0 Å². The van der Waals surface area contributed by atoms with Gasteiger partial charge in [0.15, 0.2) is 0 Å². The van der Waals surface area contributed by atoms with Crippen molar-refractivity contribution in [1.82, 2.24) is 20.0 Å². The van der Waals surface area contributed by atoms with Crippen molar-refractivity contribution in [2.75, 3.05) is 33.2 Å². The van der Waals surface area contributed by atoms with Gasteiger partial charge in [0, 0.05) is 20.1 Å². The van der Waals surface area contributed by atoms with Crippen LogP contribution in [-0.2, 0) is 14.4 Å². The lowest BCUT2D eigenvalue weighted by atomic mass is 9.81. The second-order valence-electron chi connectivity index (χ2n) is 6.67. The maximum atomic E-state index is 12.8. The van der Waals surface area contributed by atoms with Gasteiger partial charge in [-0.3, -0.25) is 19.3 Å². The molecule has 0 bridgehead atoms. The Bertz CT molecular complexity index is 553. The van der Waals surface area contributed by atoms with Crippen LogP contribution in [0.5, 0.6) is 0 Å². The summed E-state index contributed by atoms with van der Waals surface area (Å²) < 4.78 is 0. The van der Waals surface area contributed by atoms with Crippen LogP contribution >= 0.6 is 0 Å². The number of rotatable bonds is 6. The molecule has 2 aliphatic rings. The van der Waals surface area contributed by atoms with Crippen LogP contribution < -0.4 is 5.32 Å². The van der Waals surface area contributed by atoms with Gasteiger partial charge in [-0.25, -0.2) is 4.79 Å². The molecule has 0 radical (unpaired) electrons. The van der Waals surface area contributed by atoms with Gasteiger partial charge < -0.3 is 15.1 Å². The molecular formula is C17H28N4O4. The molecule has 1 heterocycles. The molecule has 0 aromatic rings. The molecule has 2 fully saturated rings. The van der Waals surface area contributed by atoms with E-state index in [0.29, 0.717) is 25.9 Å². The molecule has 8 nitrogen and oxygen atoms in total. The normalized spacial score (nSPS) is 19.5. The van der Waals surface area contributed by atoms with E-state index in [9.17, 15) is 19.2 Å². The van der Waals surface area contributed by atoms with E-state index in [1.165, 1.54) is 4.90 Å². The lowest BCUT2D eigenvalue weighted by Gasteiger charge is -2.35. The molecule has 2 rings (SSSR count). The maximum Gasteiger partial charge on any atom is 0.327 e. The molecule has 1 aliphatic carbocycles. The lowest BCUT2D eigenvalue weighted by molar-refractivity contribution is -0.137. The van der Waals surface area contributed by atoms with Gasteiger partial charge in [0.25, 0.3) is 5.91 Å². The molecule has 25 heavy (non-hydrogen) atoms. The summed E-state index contributed by atoms with van der Waals surface area (Å²) >= 11 is 0. The summed E-state index contributed by atoms with van der Waals surface area (Å²) in [5, 5.41) is 2.51. The zero-order valence-electron chi connectivity index (χ0n) is 15.3. The molecule has 1 N–H and O–H groups in total. The molecule has 1 aliphatic heterocycles. The second-order valence-corrected chi connectivity index (χ2v) is 6.67. The van der Waals surface area contributed by atoms with Gasteiger partial charge in [-0.05, 0) is 26.7 Å². The first-order valence-electron chi connectivity index (χ1n) is 9.01. The monoisotopic (exact) mass is 352 g/mol. The molecule has 8 heteroatoms. The predicted molar refractivity (Wildman–Crippen MR) is 91.6 cm³/mol. The quantitative estimate of drug-likeness (QED) is 0.708. The summed E-state index contributed by atoms with van der Waals surface area (Å²) in [5.74, 6) is -0.966. The minimum absolute atomic E-state index is 0.127. The molecule has 0 aromatic carbocycles. The highest BCUT2D eigenvalue weighted by Gasteiger charge is 2.55. The van der Waals surface area contributed by atoms with E-state index >= 15 is 0 Å². The maximum absolute atomic E-state index is 12.8. The van der Waals surface area contributed by atoms with Gasteiger partial charge in [0.2, 0.25) is 11.8 Å². The van der Waals surface area contributed by atoms with E-state index in [1.54, 1.807) is 11.9 Å². The van der Waals surface area contributed by atoms with E-state index in [0.717, 1.165) is 24.2 Å². The van der Waals surface area contributed by atoms with Gasteiger partial charge in [0.05, 0.1) is 6.54 Å². The number of urea groups is 1. The highest BCUT2D eigenvalue weighted by molar-refractivity contribution is 6.09. The molecule has 140 valence electrons. The number of likely N-dealkylation sites (N-methyl/N-ethyl adjacent to an activating group) is 2. The van der Waals surface area contributed by atoms with Crippen LogP contribution in [0, 0.1) is 0 Å². The third kappa shape index (κ3) is 3.62. The SMILES string of the molecule is CCN(CC)C(=O)CNC(=O)CN1C(=O)N(C)C2(CCCCC2)C1=O. The first-order valence-corrected chi connectivity index (χ1v) is 9.01. The molecular weight excluding hydrogens is 324 g/mol. The molecule has 5 amide bonds. The number of nitrogens with one attached hydrogen (secondary N) is 1. The number of hydrogen-bond donors (Lipinski definition) is 1. The number of carbonyl (C=O) groups excluding carboxylic acids is 4.